The number of hydrogen-bond donors (Lipinski definition) is 1. The third-order valence-corrected chi connectivity index (χ3v) is 4.94. The second kappa shape index (κ2) is 8.17. The fourth-order valence-electron chi connectivity index (χ4n) is 2.36. The molecule has 0 fully saturated rings. The summed E-state index contributed by atoms with van der Waals surface area (Å²) in [5.41, 5.74) is 2.43. The van der Waals surface area contributed by atoms with Crippen molar-refractivity contribution in [1.82, 2.24) is 4.98 Å². The number of carbonyl (C=O) groups excluding carboxylic acids is 1. The number of ether oxygens (including phenoxy) is 1. The van der Waals surface area contributed by atoms with Gasteiger partial charge < -0.3 is 10.1 Å². The van der Waals surface area contributed by atoms with E-state index in [1.165, 1.54) is 11.3 Å². The Bertz CT molecular complexity index is 966. The van der Waals surface area contributed by atoms with Crippen LogP contribution in [0.3, 0.4) is 0 Å². The highest BCUT2D eigenvalue weighted by molar-refractivity contribution is 7.17. The molecule has 6 heteroatoms. The SMILES string of the molecule is COc1cccc(/C=C/C(=O)c2sc(Nc3cccc(Cl)c3)nc2C)c1. The van der Waals surface area contributed by atoms with Gasteiger partial charge in [0.15, 0.2) is 10.9 Å². The molecule has 1 aromatic heterocycles. The lowest BCUT2D eigenvalue weighted by atomic mass is 10.1. The van der Waals surface area contributed by atoms with Crippen LogP contribution in [-0.4, -0.2) is 17.9 Å². The number of aromatic nitrogens is 1. The third kappa shape index (κ3) is 4.50. The summed E-state index contributed by atoms with van der Waals surface area (Å²) in [4.78, 5) is 17.6. The highest BCUT2D eigenvalue weighted by Gasteiger charge is 2.13. The van der Waals surface area contributed by atoms with E-state index in [1.54, 1.807) is 25.3 Å². The smallest absolute Gasteiger partial charge is 0.197 e. The molecule has 0 aliphatic carbocycles. The quantitative estimate of drug-likeness (QED) is 0.434. The summed E-state index contributed by atoms with van der Waals surface area (Å²) in [6.07, 6.45) is 3.33. The van der Waals surface area contributed by atoms with Gasteiger partial charge in [0.05, 0.1) is 17.7 Å². The first-order valence-corrected chi connectivity index (χ1v) is 9.11. The molecular formula is C20H17ClN2O2S. The van der Waals surface area contributed by atoms with E-state index in [2.05, 4.69) is 10.3 Å². The molecule has 132 valence electrons. The van der Waals surface area contributed by atoms with Crippen molar-refractivity contribution >= 4 is 45.6 Å². The highest BCUT2D eigenvalue weighted by Crippen LogP contribution is 2.27. The van der Waals surface area contributed by atoms with Crippen LogP contribution >= 0.6 is 22.9 Å². The van der Waals surface area contributed by atoms with Crippen molar-refractivity contribution in [3.63, 3.8) is 0 Å². The van der Waals surface area contributed by atoms with Gasteiger partial charge in [-0.15, -0.1) is 0 Å². The Morgan fingerprint density at radius 3 is 2.81 bits per heavy atom. The summed E-state index contributed by atoms with van der Waals surface area (Å²) in [6, 6.07) is 14.9. The summed E-state index contributed by atoms with van der Waals surface area (Å²) in [6.45, 7) is 1.83. The van der Waals surface area contributed by atoms with Crippen LogP contribution in [0, 0.1) is 6.92 Å². The fourth-order valence-corrected chi connectivity index (χ4v) is 3.46. The summed E-state index contributed by atoms with van der Waals surface area (Å²) >= 11 is 7.31. The standard InChI is InChI=1S/C20H17ClN2O2S/c1-13-19(18(24)10-9-14-5-3-8-17(11-14)25-2)26-20(22-13)23-16-7-4-6-15(21)12-16/h3-12H,1-2H3,(H,22,23)/b10-9+. The van der Waals surface area contributed by atoms with Gasteiger partial charge in [0.1, 0.15) is 5.75 Å². The Kier molecular flexibility index (Phi) is 5.71. The number of ketones is 1. The van der Waals surface area contributed by atoms with E-state index in [1.807, 2.05) is 49.4 Å². The zero-order chi connectivity index (χ0) is 18.5. The molecule has 0 aliphatic heterocycles. The Labute approximate surface area is 161 Å². The number of anilines is 2. The average molecular weight is 385 g/mol. The molecule has 0 spiro atoms. The van der Waals surface area contributed by atoms with Gasteiger partial charge in [0, 0.05) is 10.7 Å². The number of halogens is 1. The molecule has 0 bridgehead atoms. The largest absolute Gasteiger partial charge is 0.497 e. The van der Waals surface area contributed by atoms with Gasteiger partial charge in [0.2, 0.25) is 0 Å². The van der Waals surface area contributed by atoms with Crippen LogP contribution in [0.15, 0.2) is 54.6 Å². The van der Waals surface area contributed by atoms with Crippen molar-refractivity contribution in [3.05, 3.63) is 75.8 Å². The molecule has 26 heavy (non-hydrogen) atoms. The fraction of sp³-hybridized carbons (Fsp3) is 0.100. The monoisotopic (exact) mass is 384 g/mol. The first-order chi connectivity index (χ1) is 12.5. The number of allylic oxidation sites excluding steroid dienone is 1. The molecule has 2 aromatic carbocycles. The number of carbonyl (C=O) groups is 1. The van der Waals surface area contributed by atoms with Crippen molar-refractivity contribution < 1.29 is 9.53 Å². The van der Waals surface area contributed by atoms with E-state index in [0.29, 0.717) is 20.7 Å². The van der Waals surface area contributed by atoms with Crippen LogP contribution < -0.4 is 10.1 Å². The summed E-state index contributed by atoms with van der Waals surface area (Å²) in [5, 5.41) is 4.47. The Balaban J connectivity index is 1.75. The maximum atomic E-state index is 12.5. The number of aryl methyl sites for hydroxylation is 1. The molecule has 4 nitrogen and oxygen atoms in total. The average Bonchev–Trinajstić information content (AvgIpc) is 3.00. The van der Waals surface area contributed by atoms with E-state index < -0.39 is 0 Å². The molecule has 3 rings (SSSR count). The molecule has 0 saturated carbocycles. The lowest BCUT2D eigenvalue weighted by molar-refractivity contribution is 0.105. The van der Waals surface area contributed by atoms with Crippen molar-refractivity contribution in [2.24, 2.45) is 0 Å². The lowest BCUT2D eigenvalue weighted by Gasteiger charge is -2.01. The predicted molar refractivity (Wildman–Crippen MR) is 108 cm³/mol. The van der Waals surface area contributed by atoms with Crippen LogP contribution in [-0.2, 0) is 0 Å². The molecular weight excluding hydrogens is 368 g/mol. The Hall–Kier alpha value is -2.63. The molecule has 1 N–H and O–H groups in total. The van der Waals surface area contributed by atoms with Gasteiger partial charge in [-0.05, 0) is 48.9 Å². The minimum Gasteiger partial charge on any atom is -0.497 e. The lowest BCUT2D eigenvalue weighted by Crippen LogP contribution is -1.93. The van der Waals surface area contributed by atoms with Gasteiger partial charge in [-0.2, -0.15) is 0 Å². The second-order valence-corrected chi connectivity index (χ2v) is 6.98. The van der Waals surface area contributed by atoms with Gasteiger partial charge in [-0.3, -0.25) is 4.79 Å². The maximum absolute atomic E-state index is 12.5. The van der Waals surface area contributed by atoms with E-state index >= 15 is 0 Å². The summed E-state index contributed by atoms with van der Waals surface area (Å²) < 4.78 is 5.19. The zero-order valence-corrected chi connectivity index (χ0v) is 15.9. The molecule has 1 heterocycles. The number of nitrogens with one attached hydrogen (secondary N) is 1. The van der Waals surface area contributed by atoms with Gasteiger partial charge in [-0.25, -0.2) is 4.98 Å². The van der Waals surface area contributed by atoms with Crippen molar-refractivity contribution in [3.8, 4) is 5.75 Å². The van der Waals surface area contributed by atoms with Crippen LogP contribution in [0.2, 0.25) is 5.02 Å². The number of methoxy groups -OCH3 is 1. The Morgan fingerprint density at radius 1 is 1.23 bits per heavy atom. The summed E-state index contributed by atoms with van der Waals surface area (Å²) in [5.74, 6) is 0.670. The highest BCUT2D eigenvalue weighted by atomic mass is 35.5. The zero-order valence-electron chi connectivity index (χ0n) is 14.3. The van der Waals surface area contributed by atoms with E-state index in [-0.39, 0.29) is 5.78 Å². The maximum Gasteiger partial charge on any atom is 0.197 e. The number of rotatable bonds is 6. The molecule has 3 aromatic rings. The molecule has 0 unspecified atom stereocenters. The second-order valence-electron chi connectivity index (χ2n) is 5.54. The van der Waals surface area contributed by atoms with E-state index in [0.717, 1.165) is 17.0 Å². The normalized spacial score (nSPS) is 10.9. The first kappa shape index (κ1) is 18.2. The van der Waals surface area contributed by atoms with Crippen molar-refractivity contribution in [2.75, 3.05) is 12.4 Å². The van der Waals surface area contributed by atoms with E-state index in [4.69, 9.17) is 16.3 Å². The van der Waals surface area contributed by atoms with E-state index in [9.17, 15) is 4.79 Å². The molecule has 0 atom stereocenters. The van der Waals surface area contributed by atoms with Crippen LogP contribution in [0.1, 0.15) is 20.9 Å². The molecule has 0 amide bonds. The van der Waals surface area contributed by atoms with Gasteiger partial charge in [0.25, 0.3) is 0 Å². The minimum absolute atomic E-state index is 0.0815. The van der Waals surface area contributed by atoms with Gasteiger partial charge >= 0.3 is 0 Å². The minimum atomic E-state index is -0.0815. The third-order valence-electron chi connectivity index (χ3n) is 3.62. The first-order valence-electron chi connectivity index (χ1n) is 7.91. The number of hydrogen-bond acceptors (Lipinski definition) is 5. The molecule has 0 saturated heterocycles. The van der Waals surface area contributed by atoms with Crippen LogP contribution in [0.25, 0.3) is 6.08 Å². The Morgan fingerprint density at radius 2 is 2.04 bits per heavy atom. The van der Waals surface area contributed by atoms with Crippen molar-refractivity contribution in [2.45, 2.75) is 6.92 Å². The predicted octanol–water partition coefficient (Wildman–Crippen LogP) is 5.75. The van der Waals surface area contributed by atoms with Crippen molar-refractivity contribution in [1.29, 1.82) is 0 Å². The topological polar surface area (TPSA) is 51.2 Å². The van der Waals surface area contributed by atoms with Gasteiger partial charge in [-0.1, -0.05) is 47.2 Å². The molecule has 0 radical (unpaired) electrons. The van der Waals surface area contributed by atoms with Crippen LogP contribution in [0.4, 0.5) is 10.8 Å². The van der Waals surface area contributed by atoms with Crippen LogP contribution in [0.5, 0.6) is 5.75 Å². The number of thiazole rings is 1. The number of nitrogens with zero attached hydrogens (tertiary/aromatic N) is 1. The summed E-state index contributed by atoms with van der Waals surface area (Å²) in [7, 11) is 1.61. The molecule has 0 aliphatic rings. The number of benzene rings is 2.